The first-order chi connectivity index (χ1) is 11.6. The highest BCUT2D eigenvalue weighted by Crippen LogP contribution is 2.23. The van der Waals surface area contributed by atoms with E-state index < -0.39 is 0 Å². The first kappa shape index (κ1) is 16.5. The molecule has 2 N–H and O–H groups in total. The molecule has 2 aromatic rings. The fourth-order valence-corrected chi connectivity index (χ4v) is 2.79. The monoisotopic (exact) mass is 328 g/mol. The number of amides is 1. The zero-order valence-electron chi connectivity index (χ0n) is 13.6. The molecule has 1 amide bonds. The molecule has 0 radical (unpaired) electrons. The van der Waals surface area contributed by atoms with E-state index in [2.05, 4.69) is 10.6 Å². The van der Waals surface area contributed by atoms with Gasteiger partial charge < -0.3 is 15.4 Å². The van der Waals surface area contributed by atoms with Crippen molar-refractivity contribution in [3.8, 4) is 5.75 Å². The van der Waals surface area contributed by atoms with Crippen molar-refractivity contribution in [3.05, 3.63) is 59.4 Å². The second-order valence-electron chi connectivity index (χ2n) is 6.03. The van der Waals surface area contributed by atoms with Crippen LogP contribution in [0.3, 0.4) is 0 Å². The number of carbonyl (C=O) groups is 1. The number of hydrogen-bond acceptors (Lipinski definition) is 3. The number of nitrogens with one attached hydrogen (secondary N) is 2. The molecule has 4 nitrogen and oxygen atoms in total. The van der Waals surface area contributed by atoms with Crippen molar-refractivity contribution >= 4 is 11.6 Å². The number of carbonyl (C=O) groups excluding carboxylic acids is 1. The maximum Gasteiger partial charge on any atom is 0.241 e. The van der Waals surface area contributed by atoms with Gasteiger partial charge in [-0.05, 0) is 67.8 Å². The summed E-state index contributed by atoms with van der Waals surface area (Å²) in [5.74, 6) is 0.420. The van der Waals surface area contributed by atoms with E-state index >= 15 is 0 Å². The van der Waals surface area contributed by atoms with Crippen LogP contribution in [0.2, 0.25) is 0 Å². The lowest BCUT2D eigenvalue weighted by atomic mass is 10.1. The van der Waals surface area contributed by atoms with Gasteiger partial charge in [0.25, 0.3) is 0 Å². The zero-order valence-corrected chi connectivity index (χ0v) is 13.6. The fourth-order valence-electron chi connectivity index (χ4n) is 2.79. The van der Waals surface area contributed by atoms with Crippen LogP contribution in [0.25, 0.3) is 0 Å². The van der Waals surface area contributed by atoms with E-state index in [1.807, 2.05) is 31.2 Å². The number of benzene rings is 2. The van der Waals surface area contributed by atoms with Gasteiger partial charge in [-0.15, -0.1) is 0 Å². The predicted octanol–water partition coefficient (Wildman–Crippen LogP) is 3.40. The smallest absolute Gasteiger partial charge is 0.241 e. The van der Waals surface area contributed by atoms with E-state index in [0.29, 0.717) is 12.4 Å². The topological polar surface area (TPSA) is 50.4 Å². The minimum absolute atomic E-state index is 0.00373. The average molecular weight is 328 g/mol. The lowest BCUT2D eigenvalue weighted by Gasteiger charge is -2.14. The standard InChI is InChI=1S/C19H21FN2O2/c1-13-10-16(24-12-14-4-2-5-15(20)11-14)7-8-17(13)22-19(23)18-6-3-9-21-18/h2,4-5,7-8,10-11,18,21H,3,6,9,12H2,1H3,(H,22,23). The summed E-state index contributed by atoms with van der Waals surface area (Å²) in [7, 11) is 0. The molecular weight excluding hydrogens is 307 g/mol. The molecule has 1 unspecified atom stereocenters. The molecule has 0 aromatic heterocycles. The van der Waals surface area contributed by atoms with Gasteiger partial charge in [0, 0.05) is 5.69 Å². The Hall–Kier alpha value is -2.40. The van der Waals surface area contributed by atoms with Crippen LogP contribution in [0.1, 0.15) is 24.0 Å². The molecule has 0 bridgehead atoms. The van der Waals surface area contributed by atoms with Crippen LogP contribution in [0.4, 0.5) is 10.1 Å². The average Bonchev–Trinajstić information content (AvgIpc) is 3.10. The van der Waals surface area contributed by atoms with E-state index in [-0.39, 0.29) is 17.8 Å². The van der Waals surface area contributed by atoms with Gasteiger partial charge in [0.15, 0.2) is 0 Å². The first-order valence-electron chi connectivity index (χ1n) is 8.14. The van der Waals surface area contributed by atoms with Crippen molar-refractivity contribution in [1.29, 1.82) is 0 Å². The molecular formula is C19H21FN2O2. The molecule has 1 heterocycles. The predicted molar refractivity (Wildman–Crippen MR) is 91.6 cm³/mol. The third-order valence-corrected chi connectivity index (χ3v) is 4.13. The Morgan fingerprint density at radius 3 is 2.92 bits per heavy atom. The molecule has 126 valence electrons. The van der Waals surface area contributed by atoms with Crippen LogP contribution in [-0.4, -0.2) is 18.5 Å². The van der Waals surface area contributed by atoms with Gasteiger partial charge in [0.05, 0.1) is 6.04 Å². The normalized spacial score (nSPS) is 16.8. The summed E-state index contributed by atoms with van der Waals surface area (Å²) in [6, 6.07) is 11.8. The SMILES string of the molecule is Cc1cc(OCc2cccc(F)c2)ccc1NC(=O)C1CCCN1. The van der Waals surface area contributed by atoms with E-state index in [9.17, 15) is 9.18 Å². The quantitative estimate of drug-likeness (QED) is 0.884. The van der Waals surface area contributed by atoms with Gasteiger partial charge in [-0.25, -0.2) is 4.39 Å². The summed E-state index contributed by atoms with van der Waals surface area (Å²) in [6.45, 7) is 3.12. The lowest BCUT2D eigenvalue weighted by molar-refractivity contribution is -0.117. The summed E-state index contributed by atoms with van der Waals surface area (Å²) in [5.41, 5.74) is 2.49. The molecule has 1 fully saturated rings. The first-order valence-corrected chi connectivity index (χ1v) is 8.14. The van der Waals surface area contributed by atoms with Crippen LogP contribution in [0, 0.1) is 12.7 Å². The number of hydrogen-bond donors (Lipinski definition) is 2. The van der Waals surface area contributed by atoms with E-state index in [1.54, 1.807) is 6.07 Å². The Bertz CT molecular complexity index is 727. The summed E-state index contributed by atoms with van der Waals surface area (Å²) in [5, 5.41) is 6.14. The van der Waals surface area contributed by atoms with Gasteiger partial charge in [-0.1, -0.05) is 12.1 Å². The zero-order chi connectivity index (χ0) is 16.9. The molecule has 0 saturated carbocycles. The van der Waals surface area contributed by atoms with Gasteiger partial charge in [0.1, 0.15) is 18.2 Å². The molecule has 1 aliphatic rings. The number of aryl methyl sites for hydroxylation is 1. The summed E-state index contributed by atoms with van der Waals surface area (Å²) < 4.78 is 18.9. The maximum atomic E-state index is 13.2. The second kappa shape index (κ2) is 7.45. The molecule has 2 aromatic carbocycles. The highest BCUT2D eigenvalue weighted by atomic mass is 19.1. The lowest BCUT2D eigenvalue weighted by Crippen LogP contribution is -2.35. The Labute approximate surface area is 141 Å². The molecule has 1 saturated heterocycles. The fraction of sp³-hybridized carbons (Fsp3) is 0.316. The van der Waals surface area contributed by atoms with Crippen LogP contribution < -0.4 is 15.4 Å². The van der Waals surface area contributed by atoms with E-state index in [0.717, 1.165) is 36.2 Å². The van der Waals surface area contributed by atoms with Gasteiger partial charge in [0.2, 0.25) is 5.91 Å². The molecule has 24 heavy (non-hydrogen) atoms. The summed E-state index contributed by atoms with van der Waals surface area (Å²) in [6.07, 6.45) is 1.91. The van der Waals surface area contributed by atoms with E-state index in [1.165, 1.54) is 12.1 Å². The maximum absolute atomic E-state index is 13.2. The van der Waals surface area contributed by atoms with E-state index in [4.69, 9.17) is 4.74 Å². The number of anilines is 1. The number of halogens is 1. The summed E-state index contributed by atoms with van der Waals surface area (Å²) >= 11 is 0. The van der Waals surface area contributed by atoms with Crippen molar-refractivity contribution in [3.63, 3.8) is 0 Å². The van der Waals surface area contributed by atoms with Gasteiger partial charge in [-0.3, -0.25) is 4.79 Å². The number of ether oxygens (including phenoxy) is 1. The van der Waals surface area contributed by atoms with Crippen LogP contribution in [-0.2, 0) is 11.4 Å². The van der Waals surface area contributed by atoms with Crippen LogP contribution >= 0.6 is 0 Å². The highest BCUT2D eigenvalue weighted by molar-refractivity contribution is 5.95. The highest BCUT2D eigenvalue weighted by Gasteiger charge is 2.22. The molecule has 0 spiro atoms. The molecule has 1 atom stereocenters. The Morgan fingerprint density at radius 2 is 2.21 bits per heavy atom. The van der Waals surface area contributed by atoms with Gasteiger partial charge >= 0.3 is 0 Å². The van der Waals surface area contributed by atoms with Crippen molar-refractivity contribution in [2.24, 2.45) is 0 Å². The van der Waals surface area contributed by atoms with Crippen LogP contribution in [0.5, 0.6) is 5.75 Å². The minimum Gasteiger partial charge on any atom is -0.489 e. The van der Waals surface area contributed by atoms with Gasteiger partial charge in [-0.2, -0.15) is 0 Å². The van der Waals surface area contributed by atoms with Crippen molar-refractivity contribution in [2.75, 3.05) is 11.9 Å². The molecule has 5 heteroatoms. The Balaban J connectivity index is 1.60. The molecule has 0 aliphatic carbocycles. The van der Waals surface area contributed by atoms with Crippen molar-refractivity contribution in [2.45, 2.75) is 32.4 Å². The van der Waals surface area contributed by atoms with Crippen LogP contribution in [0.15, 0.2) is 42.5 Å². The Morgan fingerprint density at radius 1 is 1.33 bits per heavy atom. The summed E-state index contributed by atoms with van der Waals surface area (Å²) in [4.78, 5) is 12.2. The second-order valence-corrected chi connectivity index (χ2v) is 6.03. The molecule has 3 rings (SSSR count). The van der Waals surface area contributed by atoms with Crippen molar-refractivity contribution < 1.29 is 13.9 Å². The largest absolute Gasteiger partial charge is 0.489 e. The number of rotatable bonds is 5. The molecule has 1 aliphatic heterocycles. The Kier molecular flexibility index (Phi) is 5.11. The van der Waals surface area contributed by atoms with Crippen molar-refractivity contribution in [1.82, 2.24) is 5.32 Å². The third-order valence-electron chi connectivity index (χ3n) is 4.13. The third kappa shape index (κ3) is 4.11. The minimum atomic E-state index is -0.272.